The second-order valence-electron chi connectivity index (χ2n) is 5.39. The summed E-state index contributed by atoms with van der Waals surface area (Å²) in [6.07, 6.45) is 0.287. The van der Waals surface area contributed by atoms with E-state index in [2.05, 4.69) is 4.98 Å². The molecule has 4 atom stereocenters. The minimum absolute atomic E-state index is 0.0392. The van der Waals surface area contributed by atoms with Gasteiger partial charge < -0.3 is 14.6 Å². The van der Waals surface area contributed by atoms with Gasteiger partial charge in [-0.15, -0.1) is 0 Å². The van der Waals surface area contributed by atoms with Crippen molar-refractivity contribution < 1.29 is 19.4 Å². The molecule has 1 unspecified atom stereocenters. The van der Waals surface area contributed by atoms with Crippen LogP contribution in [0.1, 0.15) is 39.0 Å². The molecule has 2 rings (SSSR count). The molecule has 0 bridgehead atoms. The standard InChI is InChI=1S/C14H20N2O6/c1-4-10-7(2)11(21-8(3)18)13(22-10)16-5-9(6-17)12(19)15-14(16)20/h5,7,10-11,13,17H,4,6H2,1-3H3,(H,15,19,20)/t7?,10-,11+,13-/m1/s1. The van der Waals surface area contributed by atoms with Crippen LogP contribution in [0.5, 0.6) is 0 Å². The molecule has 22 heavy (non-hydrogen) atoms. The van der Waals surface area contributed by atoms with Crippen LogP contribution in [-0.4, -0.2) is 32.8 Å². The molecule has 0 saturated carbocycles. The molecule has 0 spiro atoms. The molecule has 2 N–H and O–H groups in total. The van der Waals surface area contributed by atoms with Gasteiger partial charge in [-0.3, -0.25) is 19.1 Å². The van der Waals surface area contributed by atoms with Crippen molar-refractivity contribution in [3.63, 3.8) is 0 Å². The van der Waals surface area contributed by atoms with Crippen molar-refractivity contribution in [2.45, 2.75) is 52.2 Å². The summed E-state index contributed by atoms with van der Waals surface area (Å²) in [6, 6.07) is 0. The maximum Gasteiger partial charge on any atom is 0.330 e. The van der Waals surface area contributed by atoms with Crippen molar-refractivity contribution in [3.8, 4) is 0 Å². The highest BCUT2D eigenvalue weighted by molar-refractivity contribution is 5.66. The highest BCUT2D eigenvalue weighted by atomic mass is 16.6. The van der Waals surface area contributed by atoms with Crippen molar-refractivity contribution in [2.24, 2.45) is 5.92 Å². The van der Waals surface area contributed by atoms with E-state index in [1.165, 1.54) is 13.1 Å². The molecule has 0 aliphatic carbocycles. The molecule has 8 heteroatoms. The van der Waals surface area contributed by atoms with Crippen LogP contribution in [0.15, 0.2) is 15.8 Å². The number of hydrogen-bond acceptors (Lipinski definition) is 6. The molecule has 1 aliphatic heterocycles. The molecule has 8 nitrogen and oxygen atoms in total. The Labute approximate surface area is 126 Å². The zero-order valence-electron chi connectivity index (χ0n) is 12.7. The summed E-state index contributed by atoms with van der Waals surface area (Å²) in [5, 5.41) is 9.18. The summed E-state index contributed by atoms with van der Waals surface area (Å²) in [4.78, 5) is 37.0. The minimum Gasteiger partial charge on any atom is -0.457 e. The van der Waals surface area contributed by atoms with E-state index in [1.807, 2.05) is 13.8 Å². The van der Waals surface area contributed by atoms with Crippen molar-refractivity contribution in [3.05, 3.63) is 32.6 Å². The molecule has 1 aromatic rings. The van der Waals surface area contributed by atoms with Crippen molar-refractivity contribution in [1.82, 2.24) is 9.55 Å². The molecule has 0 amide bonds. The minimum atomic E-state index is -0.835. The molecule has 1 saturated heterocycles. The van der Waals surface area contributed by atoms with Crippen LogP contribution in [-0.2, 0) is 20.9 Å². The van der Waals surface area contributed by atoms with Crippen LogP contribution in [0.25, 0.3) is 0 Å². The summed E-state index contributed by atoms with van der Waals surface area (Å²) in [7, 11) is 0. The van der Waals surface area contributed by atoms with Gasteiger partial charge in [0.25, 0.3) is 5.56 Å². The quantitative estimate of drug-likeness (QED) is 0.751. The Hall–Kier alpha value is -1.93. The average molecular weight is 312 g/mol. The molecular formula is C14H20N2O6. The van der Waals surface area contributed by atoms with Gasteiger partial charge in [-0.25, -0.2) is 4.79 Å². The van der Waals surface area contributed by atoms with Crippen molar-refractivity contribution >= 4 is 5.97 Å². The second kappa shape index (κ2) is 6.45. The van der Waals surface area contributed by atoms with E-state index in [0.29, 0.717) is 6.42 Å². The number of carbonyl (C=O) groups is 1. The van der Waals surface area contributed by atoms with E-state index in [0.717, 1.165) is 4.57 Å². The Balaban J connectivity index is 2.46. The summed E-state index contributed by atoms with van der Waals surface area (Å²) in [5.41, 5.74) is -1.28. The lowest BCUT2D eigenvalue weighted by molar-refractivity contribution is -0.153. The number of rotatable bonds is 4. The van der Waals surface area contributed by atoms with E-state index >= 15 is 0 Å². The van der Waals surface area contributed by atoms with Gasteiger partial charge in [0.1, 0.15) is 0 Å². The van der Waals surface area contributed by atoms with Crippen LogP contribution < -0.4 is 11.2 Å². The normalized spacial score (nSPS) is 27.8. The molecule has 0 radical (unpaired) electrons. The monoisotopic (exact) mass is 312 g/mol. The number of H-pyrrole nitrogens is 1. The van der Waals surface area contributed by atoms with Crippen LogP contribution in [0.4, 0.5) is 0 Å². The Morgan fingerprint density at radius 1 is 1.50 bits per heavy atom. The fourth-order valence-corrected chi connectivity index (χ4v) is 2.73. The Morgan fingerprint density at radius 3 is 2.73 bits per heavy atom. The lowest BCUT2D eigenvalue weighted by atomic mass is 9.98. The first-order valence-electron chi connectivity index (χ1n) is 7.16. The van der Waals surface area contributed by atoms with E-state index in [-0.39, 0.29) is 17.6 Å². The van der Waals surface area contributed by atoms with Crippen LogP contribution >= 0.6 is 0 Å². The lowest BCUT2D eigenvalue weighted by Gasteiger charge is -2.22. The molecular weight excluding hydrogens is 292 g/mol. The van der Waals surface area contributed by atoms with E-state index in [4.69, 9.17) is 9.47 Å². The molecule has 2 heterocycles. The highest BCUT2D eigenvalue weighted by Gasteiger charge is 2.44. The molecule has 1 fully saturated rings. The van der Waals surface area contributed by atoms with Crippen LogP contribution in [0, 0.1) is 5.92 Å². The predicted molar refractivity (Wildman–Crippen MR) is 76.2 cm³/mol. The van der Waals surface area contributed by atoms with E-state index in [1.54, 1.807) is 0 Å². The number of ether oxygens (including phenoxy) is 2. The lowest BCUT2D eigenvalue weighted by Crippen LogP contribution is -2.39. The first kappa shape index (κ1) is 16.4. The number of aromatic amines is 1. The molecule has 122 valence electrons. The zero-order valence-corrected chi connectivity index (χ0v) is 12.7. The van der Waals surface area contributed by atoms with E-state index < -0.39 is 36.2 Å². The largest absolute Gasteiger partial charge is 0.457 e. The third-order valence-corrected chi connectivity index (χ3v) is 3.89. The first-order valence-corrected chi connectivity index (χ1v) is 7.16. The maximum atomic E-state index is 12.0. The number of hydrogen-bond donors (Lipinski definition) is 2. The number of aliphatic hydroxyl groups excluding tert-OH is 1. The van der Waals surface area contributed by atoms with Gasteiger partial charge in [-0.05, 0) is 6.42 Å². The third kappa shape index (κ3) is 2.97. The fourth-order valence-electron chi connectivity index (χ4n) is 2.73. The first-order chi connectivity index (χ1) is 10.4. The van der Waals surface area contributed by atoms with Crippen LogP contribution in [0.2, 0.25) is 0 Å². The Morgan fingerprint density at radius 2 is 2.18 bits per heavy atom. The third-order valence-electron chi connectivity index (χ3n) is 3.89. The van der Waals surface area contributed by atoms with Gasteiger partial charge in [0.15, 0.2) is 12.3 Å². The number of carbonyl (C=O) groups excluding carboxylic acids is 1. The number of aromatic nitrogens is 2. The van der Waals surface area contributed by atoms with E-state index in [9.17, 15) is 19.5 Å². The van der Waals surface area contributed by atoms with Crippen molar-refractivity contribution in [1.29, 1.82) is 0 Å². The van der Waals surface area contributed by atoms with Gasteiger partial charge in [-0.1, -0.05) is 13.8 Å². The topological polar surface area (TPSA) is 111 Å². The predicted octanol–water partition coefficient (Wildman–Crippen LogP) is -0.0959. The number of nitrogens with zero attached hydrogens (tertiary/aromatic N) is 1. The van der Waals surface area contributed by atoms with Gasteiger partial charge in [0.05, 0.1) is 18.3 Å². The number of esters is 1. The average Bonchev–Trinajstić information content (AvgIpc) is 2.75. The molecule has 1 aromatic heterocycles. The summed E-state index contributed by atoms with van der Waals surface area (Å²) in [6.45, 7) is 4.60. The summed E-state index contributed by atoms with van der Waals surface area (Å²) < 4.78 is 12.3. The maximum absolute atomic E-state index is 12.0. The van der Waals surface area contributed by atoms with Crippen LogP contribution in [0.3, 0.4) is 0 Å². The number of nitrogens with one attached hydrogen (secondary N) is 1. The zero-order chi connectivity index (χ0) is 16.4. The second-order valence-corrected chi connectivity index (χ2v) is 5.39. The number of aliphatic hydroxyl groups is 1. The molecule has 1 aliphatic rings. The smallest absolute Gasteiger partial charge is 0.330 e. The fraction of sp³-hybridized carbons (Fsp3) is 0.643. The summed E-state index contributed by atoms with van der Waals surface area (Å²) >= 11 is 0. The molecule has 0 aromatic carbocycles. The van der Waals surface area contributed by atoms with Crippen molar-refractivity contribution in [2.75, 3.05) is 0 Å². The summed E-state index contributed by atoms with van der Waals surface area (Å²) in [5.74, 6) is -0.572. The van der Waals surface area contributed by atoms with Gasteiger partial charge in [-0.2, -0.15) is 0 Å². The van der Waals surface area contributed by atoms with Gasteiger partial charge >= 0.3 is 11.7 Å². The van der Waals surface area contributed by atoms with Gasteiger partial charge in [0.2, 0.25) is 0 Å². The van der Waals surface area contributed by atoms with Gasteiger partial charge in [0, 0.05) is 19.0 Å². The Kier molecular flexibility index (Phi) is 4.82. The SMILES string of the molecule is CC[C@H]1O[C@@H](n2cc(CO)c(=O)[nH]c2=O)[C@@H](OC(C)=O)C1C. The highest BCUT2D eigenvalue weighted by Crippen LogP contribution is 2.36. The Bertz CT molecular complexity index is 664.